The van der Waals surface area contributed by atoms with E-state index in [1.165, 1.54) is 51.0 Å². The Bertz CT molecular complexity index is 534. The Labute approximate surface area is 166 Å². The van der Waals surface area contributed by atoms with Crippen LogP contribution in [0, 0.1) is 0 Å². The van der Waals surface area contributed by atoms with Crippen molar-refractivity contribution in [2.45, 2.75) is 59.8 Å². The van der Waals surface area contributed by atoms with Crippen LogP contribution in [0.5, 0.6) is 0 Å². The van der Waals surface area contributed by atoms with Crippen molar-refractivity contribution >= 4 is 5.69 Å². The normalized spacial score (nSPS) is 14.0. The third kappa shape index (κ3) is 9.09. The van der Waals surface area contributed by atoms with Gasteiger partial charge in [-0.2, -0.15) is 0 Å². The molecule has 1 aromatic heterocycles. The Morgan fingerprint density at radius 1 is 0.815 bits per heavy atom. The highest BCUT2D eigenvalue weighted by Gasteiger charge is 2.16. The Morgan fingerprint density at radius 3 is 2.11 bits per heavy atom. The molecule has 0 radical (unpaired) electrons. The third-order valence-corrected chi connectivity index (χ3v) is 4.64. The van der Waals surface area contributed by atoms with Crippen LogP contribution in [0.1, 0.15) is 59.1 Å². The van der Waals surface area contributed by atoms with E-state index in [-0.39, 0.29) is 0 Å². The van der Waals surface area contributed by atoms with Gasteiger partial charge in [-0.3, -0.25) is 4.90 Å². The maximum atomic E-state index is 4.85. The lowest BCUT2D eigenvalue weighted by Gasteiger charge is -2.36. The highest BCUT2D eigenvalue weighted by Crippen LogP contribution is 2.16. The van der Waals surface area contributed by atoms with Gasteiger partial charge in [0.25, 0.3) is 0 Å². The molecule has 0 atom stereocenters. The second kappa shape index (κ2) is 15.3. The van der Waals surface area contributed by atoms with Crippen molar-refractivity contribution in [3.8, 4) is 0 Å². The van der Waals surface area contributed by atoms with E-state index in [1.54, 1.807) is 6.26 Å². The van der Waals surface area contributed by atoms with Gasteiger partial charge in [-0.15, -0.1) is 0 Å². The van der Waals surface area contributed by atoms with Gasteiger partial charge >= 0.3 is 0 Å². The molecule has 0 aliphatic carbocycles. The quantitative estimate of drug-likeness (QED) is 0.560. The Hall–Kier alpha value is -1.81. The molecule has 0 spiro atoms. The van der Waals surface area contributed by atoms with Crippen molar-refractivity contribution in [1.82, 2.24) is 10.1 Å². The molecule has 0 bridgehead atoms. The third-order valence-electron chi connectivity index (χ3n) is 4.64. The van der Waals surface area contributed by atoms with E-state index < -0.39 is 0 Å². The number of anilines is 1. The fraction of sp³-hybridized carbons (Fsp3) is 0.609. The summed E-state index contributed by atoms with van der Waals surface area (Å²) in [6.45, 7) is 13.9. The number of piperazine rings is 1. The lowest BCUT2D eigenvalue weighted by Crippen LogP contribution is -2.46. The van der Waals surface area contributed by atoms with Crippen LogP contribution in [-0.4, -0.2) is 42.8 Å². The molecule has 1 aromatic carbocycles. The van der Waals surface area contributed by atoms with Gasteiger partial charge in [0.05, 0.1) is 5.69 Å². The highest BCUT2D eigenvalue weighted by molar-refractivity contribution is 5.46. The first-order valence-corrected chi connectivity index (χ1v) is 10.8. The molecule has 0 amide bonds. The van der Waals surface area contributed by atoms with Crippen molar-refractivity contribution in [2.24, 2.45) is 0 Å². The van der Waals surface area contributed by atoms with E-state index >= 15 is 0 Å². The maximum absolute atomic E-state index is 4.85. The summed E-state index contributed by atoms with van der Waals surface area (Å²) in [5.74, 6) is 0. The average molecular weight is 374 g/mol. The molecule has 3 rings (SSSR count). The topological polar surface area (TPSA) is 32.5 Å². The number of aryl methyl sites for hydroxylation is 1. The lowest BCUT2D eigenvalue weighted by atomic mass is 10.1. The Kier molecular flexibility index (Phi) is 13.1. The van der Waals surface area contributed by atoms with Gasteiger partial charge in [0.15, 0.2) is 0 Å². The van der Waals surface area contributed by atoms with Crippen LogP contribution < -0.4 is 4.90 Å². The van der Waals surface area contributed by atoms with Crippen LogP contribution in [0.2, 0.25) is 0 Å². The molecule has 27 heavy (non-hydrogen) atoms. The fourth-order valence-corrected chi connectivity index (χ4v) is 3.23. The number of aromatic nitrogens is 1. The van der Waals surface area contributed by atoms with Crippen LogP contribution in [0.3, 0.4) is 0 Å². The highest BCUT2D eigenvalue weighted by atomic mass is 16.5. The fourth-order valence-electron chi connectivity index (χ4n) is 3.23. The summed E-state index contributed by atoms with van der Waals surface area (Å²) >= 11 is 0. The minimum absolute atomic E-state index is 1.05. The summed E-state index contributed by atoms with van der Waals surface area (Å²) in [6, 6.07) is 12.7. The molecular formula is C23H39N3O. The monoisotopic (exact) mass is 373 g/mol. The Morgan fingerprint density at radius 2 is 1.48 bits per heavy atom. The van der Waals surface area contributed by atoms with Gasteiger partial charge in [0, 0.05) is 37.9 Å². The zero-order valence-electron chi connectivity index (χ0n) is 17.9. The predicted molar refractivity (Wildman–Crippen MR) is 116 cm³/mol. The lowest BCUT2D eigenvalue weighted by molar-refractivity contribution is 0.252. The molecule has 0 N–H and O–H groups in total. The SMILES string of the molecule is CC.CC.c1ccc(N2CCN(CCCCCCc3ccon3)CC2)cc1. The van der Waals surface area contributed by atoms with E-state index in [2.05, 4.69) is 45.3 Å². The second-order valence-corrected chi connectivity index (χ2v) is 6.32. The van der Waals surface area contributed by atoms with E-state index in [9.17, 15) is 0 Å². The minimum atomic E-state index is 1.05. The number of rotatable bonds is 8. The molecule has 1 saturated heterocycles. The molecule has 0 saturated carbocycles. The van der Waals surface area contributed by atoms with E-state index in [1.807, 2.05) is 33.8 Å². The summed E-state index contributed by atoms with van der Waals surface area (Å²) in [5.41, 5.74) is 2.45. The average Bonchev–Trinajstić information content (AvgIpc) is 3.28. The van der Waals surface area contributed by atoms with Crippen LogP contribution in [-0.2, 0) is 6.42 Å². The van der Waals surface area contributed by atoms with Crippen LogP contribution >= 0.6 is 0 Å². The molecule has 4 heteroatoms. The molecule has 1 aliphatic rings. The van der Waals surface area contributed by atoms with Gasteiger partial charge in [-0.05, 0) is 37.9 Å². The number of hydrogen-bond donors (Lipinski definition) is 0. The van der Waals surface area contributed by atoms with Crippen LogP contribution in [0.4, 0.5) is 5.69 Å². The van der Waals surface area contributed by atoms with Gasteiger partial charge in [0.2, 0.25) is 0 Å². The van der Waals surface area contributed by atoms with Crippen molar-refractivity contribution in [3.05, 3.63) is 48.4 Å². The second-order valence-electron chi connectivity index (χ2n) is 6.32. The van der Waals surface area contributed by atoms with E-state index in [0.29, 0.717) is 0 Å². The zero-order valence-corrected chi connectivity index (χ0v) is 17.9. The zero-order chi connectivity index (χ0) is 19.7. The van der Waals surface area contributed by atoms with E-state index in [4.69, 9.17) is 4.52 Å². The van der Waals surface area contributed by atoms with Gasteiger partial charge in [-0.25, -0.2) is 0 Å². The molecule has 1 fully saturated rings. The van der Waals surface area contributed by atoms with E-state index in [0.717, 1.165) is 25.2 Å². The first kappa shape index (κ1) is 23.2. The van der Waals surface area contributed by atoms with Crippen molar-refractivity contribution in [3.63, 3.8) is 0 Å². The molecule has 2 heterocycles. The molecule has 1 aliphatic heterocycles. The summed E-state index contributed by atoms with van der Waals surface area (Å²) in [4.78, 5) is 5.10. The largest absolute Gasteiger partial charge is 0.369 e. The first-order valence-electron chi connectivity index (χ1n) is 10.8. The molecular weight excluding hydrogens is 334 g/mol. The van der Waals surface area contributed by atoms with Crippen molar-refractivity contribution in [2.75, 3.05) is 37.6 Å². The summed E-state index contributed by atoms with van der Waals surface area (Å²) in [6.07, 6.45) is 7.84. The van der Waals surface area contributed by atoms with Crippen molar-refractivity contribution < 1.29 is 4.52 Å². The maximum Gasteiger partial charge on any atom is 0.124 e. The number of unbranched alkanes of at least 4 members (excludes halogenated alkanes) is 3. The standard InChI is InChI=1S/C19H27N3O.2C2H6/c1(4-8-18-11-17-23-20-18)2-7-12-21-13-15-22(16-14-21)19-9-5-3-6-10-19;2*1-2/h3,5-6,9-11,17H,1-2,4,7-8,12-16H2;2*1-2H3. The van der Waals surface area contributed by atoms with Crippen molar-refractivity contribution in [1.29, 1.82) is 0 Å². The number of nitrogens with zero attached hydrogens (tertiary/aromatic N) is 3. The summed E-state index contributed by atoms with van der Waals surface area (Å²) in [7, 11) is 0. The number of benzene rings is 1. The Balaban J connectivity index is 0.000000855. The number of para-hydroxylation sites is 1. The molecule has 4 nitrogen and oxygen atoms in total. The van der Waals surface area contributed by atoms with Gasteiger partial charge < -0.3 is 9.42 Å². The predicted octanol–water partition coefficient (Wildman–Crippen LogP) is 5.65. The molecule has 2 aromatic rings. The smallest absolute Gasteiger partial charge is 0.124 e. The van der Waals surface area contributed by atoms with Crippen LogP contribution in [0.25, 0.3) is 0 Å². The molecule has 152 valence electrons. The minimum Gasteiger partial charge on any atom is -0.369 e. The summed E-state index contributed by atoms with van der Waals surface area (Å²) in [5, 5.41) is 3.95. The summed E-state index contributed by atoms with van der Waals surface area (Å²) < 4.78 is 4.85. The first-order chi connectivity index (χ1) is 13.4. The molecule has 0 unspecified atom stereocenters. The van der Waals surface area contributed by atoms with Gasteiger partial charge in [0.1, 0.15) is 6.26 Å². The van der Waals surface area contributed by atoms with Gasteiger partial charge in [-0.1, -0.05) is 63.9 Å². The van der Waals surface area contributed by atoms with Crippen LogP contribution in [0.15, 0.2) is 47.2 Å². The number of hydrogen-bond acceptors (Lipinski definition) is 4.